The fourth-order valence-electron chi connectivity index (χ4n) is 4.64. The molecule has 1 aliphatic rings. The third kappa shape index (κ3) is 9.55. The summed E-state index contributed by atoms with van der Waals surface area (Å²) in [6, 6.07) is 13.1. The first kappa shape index (κ1) is 34.1. The second kappa shape index (κ2) is 16.4. The van der Waals surface area contributed by atoms with Gasteiger partial charge < -0.3 is 34.7 Å². The predicted octanol–water partition coefficient (Wildman–Crippen LogP) is 4.14. The molecule has 1 heterocycles. The maximum atomic E-state index is 13.4. The molecule has 44 heavy (non-hydrogen) atoms. The number of carbonyl (C=O) groups excluding carboxylic acids is 2. The van der Waals surface area contributed by atoms with Gasteiger partial charge in [0.1, 0.15) is 24.2 Å². The highest BCUT2D eigenvalue weighted by Crippen LogP contribution is 2.40. The average molecular weight is 612 g/mol. The largest absolute Gasteiger partial charge is 0.493 e. The highest BCUT2D eigenvalue weighted by Gasteiger charge is 2.38. The number of esters is 2. The van der Waals surface area contributed by atoms with E-state index in [2.05, 4.69) is 10.6 Å². The Morgan fingerprint density at radius 1 is 0.977 bits per heavy atom. The number of aliphatic hydroxyl groups is 1. The molecular weight excluding hydrogens is 570 g/mol. The minimum Gasteiger partial charge on any atom is -0.493 e. The molecule has 0 saturated carbocycles. The minimum absolute atomic E-state index is 0.0399. The first-order chi connectivity index (χ1) is 21.0. The normalized spacial score (nSPS) is 15.5. The van der Waals surface area contributed by atoms with Crippen molar-refractivity contribution in [3.63, 3.8) is 0 Å². The van der Waals surface area contributed by atoms with Gasteiger partial charge in [0.2, 0.25) is 0 Å². The average Bonchev–Trinajstić information content (AvgIpc) is 2.99. The lowest BCUT2D eigenvalue weighted by atomic mass is 9.80. The number of non-ortho nitro benzene ring substituents is 1. The maximum absolute atomic E-state index is 13.4. The Hall–Kier alpha value is -4.42. The van der Waals surface area contributed by atoms with E-state index >= 15 is 0 Å². The van der Waals surface area contributed by atoms with Crippen LogP contribution in [0.1, 0.15) is 52.5 Å². The van der Waals surface area contributed by atoms with Crippen LogP contribution in [0.5, 0.6) is 11.5 Å². The number of rotatable bonds is 16. The summed E-state index contributed by atoms with van der Waals surface area (Å²) in [6.45, 7) is 10.1. The number of carbonyl (C=O) groups is 2. The van der Waals surface area contributed by atoms with Crippen LogP contribution in [0.15, 0.2) is 71.1 Å². The number of nitro groups is 1. The summed E-state index contributed by atoms with van der Waals surface area (Å²) in [5.74, 6) is -1.01. The number of nitrogens with zero attached hydrogens (tertiary/aromatic N) is 1. The first-order valence-electron chi connectivity index (χ1n) is 14.6. The molecule has 12 nitrogen and oxygen atoms in total. The molecule has 0 bridgehead atoms. The number of allylic oxidation sites excluding steroid dienone is 2. The van der Waals surface area contributed by atoms with Crippen molar-refractivity contribution in [3.8, 4) is 11.5 Å². The molecule has 0 fully saturated rings. The van der Waals surface area contributed by atoms with Gasteiger partial charge >= 0.3 is 11.9 Å². The second-order valence-corrected chi connectivity index (χ2v) is 10.5. The van der Waals surface area contributed by atoms with Crippen LogP contribution < -0.4 is 20.1 Å². The molecule has 238 valence electrons. The summed E-state index contributed by atoms with van der Waals surface area (Å²) in [7, 11) is 0. The Kier molecular flexibility index (Phi) is 12.7. The monoisotopic (exact) mass is 611 g/mol. The smallest absolute Gasteiger partial charge is 0.336 e. The van der Waals surface area contributed by atoms with Crippen molar-refractivity contribution in [1.29, 1.82) is 0 Å². The summed E-state index contributed by atoms with van der Waals surface area (Å²) in [4.78, 5) is 37.3. The van der Waals surface area contributed by atoms with Gasteiger partial charge in [0.25, 0.3) is 5.69 Å². The summed E-state index contributed by atoms with van der Waals surface area (Å²) in [5.41, 5.74) is 1.54. The van der Waals surface area contributed by atoms with Crippen molar-refractivity contribution in [2.45, 2.75) is 59.1 Å². The molecule has 2 aromatic carbocycles. The highest BCUT2D eigenvalue weighted by atomic mass is 16.6. The zero-order chi connectivity index (χ0) is 32.2. The molecule has 0 spiro atoms. The van der Waals surface area contributed by atoms with Gasteiger partial charge in [-0.05, 0) is 50.6 Å². The van der Waals surface area contributed by atoms with Crippen LogP contribution >= 0.6 is 0 Å². The maximum Gasteiger partial charge on any atom is 0.336 e. The quantitative estimate of drug-likeness (QED) is 0.108. The van der Waals surface area contributed by atoms with Crippen LogP contribution in [-0.4, -0.2) is 67.1 Å². The van der Waals surface area contributed by atoms with Crippen LogP contribution in [0.3, 0.4) is 0 Å². The lowest BCUT2D eigenvalue weighted by molar-refractivity contribution is -0.384. The van der Waals surface area contributed by atoms with Crippen molar-refractivity contribution < 1.29 is 38.6 Å². The number of hydrogen-bond donors (Lipinski definition) is 3. The van der Waals surface area contributed by atoms with Crippen molar-refractivity contribution in [3.05, 3.63) is 86.7 Å². The third-order valence-corrected chi connectivity index (χ3v) is 6.71. The van der Waals surface area contributed by atoms with Crippen LogP contribution in [0, 0.1) is 10.1 Å². The predicted molar refractivity (Wildman–Crippen MR) is 163 cm³/mol. The number of benzene rings is 2. The van der Waals surface area contributed by atoms with Crippen molar-refractivity contribution in [1.82, 2.24) is 10.6 Å². The Balaban J connectivity index is 1.60. The Morgan fingerprint density at radius 3 is 2.18 bits per heavy atom. The lowest BCUT2D eigenvalue weighted by Crippen LogP contribution is -2.35. The Bertz CT molecular complexity index is 1370. The van der Waals surface area contributed by atoms with Gasteiger partial charge in [-0.1, -0.05) is 26.0 Å². The van der Waals surface area contributed by atoms with Crippen molar-refractivity contribution >= 4 is 17.6 Å². The molecule has 1 aliphatic heterocycles. The van der Waals surface area contributed by atoms with E-state index < -0.39 is 28.9 Å². The molecule has 3 rings (SSSR count). The molecular formula is C32H41N3O9. The van der Waals surface area contributed by atoms with E-state index in [-0.39, 0.29) is 49.3 Å². The van der Waals surface area contributed by atoms with Crippen LogP contribution in [0.2, 0.25) is 0 Å². The van der Waals surface area contributed by atoms with Crippen molar-refractivity contribution in [2.24, 2.45) is 0 Å². The number of dihydropyridines is 1. The van der Waals surface area contributed by atoms with E-state index in [9.17, 15) is 24.8 Å². The van der Waals surface area contributed by atoms with E-state index in [1.165, 1.54) is 18.2 Å². The van der Waals surface area contributed by atoms with E-state index in [0.717, 1.165) is 0 Å². The Labute approximate surface area is 257 Å². The van der Waals surface area contributed by atoms with E-state index in [4.69, 9.17) is 18.9 Å². The number of ether oxygens (including phenoxy) is 4. The molecule has 0 amide bonds. The van der Waals surface area contributed by atoms with Gasteiger partial charge in [0, 0.05) is 42.5 Å². The summed E-state index contributed by atoms with van der Waals surface area (Å²) in [6.07, 6.45) is -0.238. The third-order valence-electron chi connectivity index (χ3n) is 6.71. The zero-order valence-corrected chi connectivity index (χ0v) is 25.8. The van der Waals surface area contributed by atoms with Crippen LogP contribution in [0.25, 0.3) is 0 Å². The number of hydrogen-bond acceptors (Lipinski definition) is 11. The van der Waals surface area contributed by atoms with E-state index in [1.807, 2.05) is 13.8 Å². The van der Waals surface area contributed by atoms with Gasteiger partial charge in [0.05, 0.1) is 41.8 Å². The topological polar surface area (TPSA) is 158 Å². The molecule has 0 saturated heterocycles. The first-order valence-corrected chi connectivity index (χ1v) is 14.6. The minimum atomic E-state index is -0.924. The van der Waals surface area contributed by atoms with Gasteiger partial charge in [-0.25, -0.2) is 9.59 Å². The molecule has 0 aromatic heterocycles. The zero-order valence-electron chi connectivity index (χ0n) is 25.8. The van der Waals surface area contributed by atoms with E-state index in [0.29, 0.717) is 41.4 Å². The van der Waals surface area contributed by atoms with Crippen LogP contribution in [0.4, 0.5) is 5.69 Å². The molecule has 2 aromatic rings. The molecule has 3 N–H and O–H groups in total. The fraction of sp³-hybridized carbons (Fsp3) is 0.438. The molecule has 12 heteroatoms. The number of nitrogens with one attached hydrogen (secondary N) is 2. The lowest BCUT2D eigenvalue weighted by Gasteiger charge is -2.30. The summed E-state index contributed by atoms with van der Waals surface area (Å²) >= 11 is 0. The summed E-state index contributed by atoms with van der Waals surface area (Å²) < 4.78 is 22.2. The van der Waals surface area contributed by atoms with Crippen LogP contribution in [-0.2, 0) is 19.1 Å². The molecule has 0 radical (unpaired) electrons. The fourth-order valence-corrected chi connectivity index (χ4v) is 4.64. The van der Waals surface area contributed by atoms with Gasteiger partial charge in [-0.2, -0.15) is 0 Å². The summed E-state index contributed by atoms with van der Waals surface area (Å²) in [5, 5.41) is 27.7. The Morgan fingerprint density at radius 2 is 1.59 bits per heavy atom. The molecule has 2 unspecified atom stereocenters. The standard InChI is InChI=1S/C32H41N3O9/c1-6-41-31(37)28-21(4)34-22(5)29(30(28)23-9-7-10-24(17-23)35(39)40)32(38)43-16-8-15-42-26-11-13-27(14-12-26)44-19-25(36)18-33-20(2)3/h7,9-14,17,20,25,30,33-34,36H,6,8,15-16,18-19H2,1-5H3. The number of nitro benzene ring substituents is 1. The molecule has 0 aliphatic carbocycles. The highest BCUT2D eigenvalue weighted by molar-refractivity contribution is 6.00. The van der Waals surface area contributed by atoms with E-state index in [1.54, 1.807) is 51.1 Å². The SMILES string of the molecule is CCOC(=O)C1=C(C)NC(C)=C(C(=O)OCCCOc2ccc(OCC(O)CNC(C)C)cc2)C1c1cccc([N+](=O)[O-])c1. The molecule has 2 atom stereocenters. The van der Waals surface area contributed by atoms with Gasteiger partial charge in [-0.15, -0.1) is 0 Å². The number of aliphatic hydroxyl groups excluding tert-OH is 1. The van der Waals surface area contributed by atoms with Crippen molar-refractivity contribution in [2.75, 3.05) is 33.0 Å². The second-order valence-electron chi connectivity index (χ2n) is 10.5. The van der Waals surface area contributed by atoms with Gasteiger partial charge in [-0.3, -0.25) is 10.1 Å². The van der Waals surface area contributed by atoms with Gasteiger partial charge in [0.15, 0.2) is 0 Å².